The molecule has 0 radical (unpaired) electrons. The van der Waals surface area contributed by atoms with Crippen LogP contribution in [-0.2, 0) is 17.5 Å². The van der Waals surface area contributed by atoms with Crippen molar-refractivity contribution < 1.29 is 18.0 Å². The SMILES string of the molecule is CCCNC(=NCc1cccc(C(F)(F)F)c1)NCC(=O)N(C)C. The average molecular weight is 344 g/mol. The van der Waals surface area contributed by atoms with Crippen molar-refractivity contribution in [3.05, 3.63) is 35.4 Å². The molecule has 0 aromatic heterocycles. The van der Waals surface area contributed by atoms with E-state index in [0.29, 0.717) is 18.1 Å². The van der Waals surface area contributed by atoms with Gasteiger partial charge in [-0.2, -0.15) is 13.2 Å². The monoisotopic (exact) mass is 344 g/mol. The number of guanidine groups is 1. The van der Waals surface area contributed by atoms with E-state index in [9.17, 15) is 18.0 Å². The molecule has 0 bridgehead atoms. The molecule has 1 amide bonds. The lowest BCUT2D eigenvalue weighted by Gasteiger charge is -2.14. The van der Waals surface area contributed by atoms with Gasteiger partial charge in [0.25, 0.3) is 0 Å². The summed E-state index contributed by atoms with van der Waals surface area (Å²) in [6.07, 6.45) is -3.52. The van der Waals surface area contributed by atoms with Crippen molar-refractivity contribution in [2.45, 2.75) is 26.1 Å². The molecule has 0 aliphatic carbocycles. The van der Waals surface area contributed by atoms with Crippen molar-refractivity contribution in [2.75, 3.05) is 27.2 Å². The molecule has 8 heteroatoms. The van der Waals surface area contributed by atoms with Crippen molar-refractivity contribution in [3.8, 4) is 0 Å². The Kier molecular flexibility index (Phi) is 7.54. The van der Waals surface area contributed by atoms with E-state index in [1.54, 1.807) is 20.2 Å². The second-order valence-corrected chi connectivity index (χ2v) is 5.43. The Morgan fingerprint density at radius 1 is 1.25 bits per heavy atom. The van der Waals surface area contributed by atoms with Crippen LogP contribution < -0.4 is 10.6 Å². The van der Waals surface area contributed by atoms with Crippen LogP contribution in [0.15, 0.2) is 29.3 Å². The molecule has 0 spiro atoms. The first kappa shape index (κ1) is 19.8. The number of carbonyl (C=O) groups excluding carboxylic acids is 1. The third kappa shape index (κ3) is 6.89. The highest BCUT2D eigenvalue weighted by atomic mass is 19.4. The largest absolute Gasteiger partial charge is 0.416 e. The van der Waals surface area contributed by atoms with E-state index >= 15 is 0 Å². The van der Waals surface area contributed by atoms with Gasteiger partial charge in [-0.25, -0.2) is 4.99 Å². The van der Waals surface area contributed by atoms with E-state index < -0.39 is 11.7 Å². The Balaban J connectivity index is 2.77. The first-order valence-electron chi connectivity index (χ1n) is 7.62. The molecule has 0 aliphatic rings. The quantitative estimate of drug-likeness (QED) is 0.615. The summed E-state index contributed by atoms with van der Waals surface area (Å²) in [7, 11) is 3.28. The first-order chi connectivity index (χ1) is 11.2. The zero-order valence-corrected chi connectivity index (χ0v) is 14.1. The summed E-state index contributed by atoms with van der Waals surface area (Å²) in [4.78, 5) is 17.3. The summed E-state index contributed by atoms with van der Waals surface area (Å²) in [5, 5.41) is 5.90. The topological polar surface area (TPSA) is 56.7 Å². The van der Waals surface area contributed by atoms with Gasteiger partial charge in [-0.05, 0) is 24.1 Å². The molecule has 24 heavy (non-hydrogen) atoms. The summed E-state index contributed by atoms with van der Waals surface area (Å²) in [6, 6.07) is 5.04. The van der Waals surface area contributed by atoms with Crippen LogP contribution >= 0.6 is 0 Å². The van der Waals surface area contributed by atoms with Crippen LogP contribution in [0.25, 0.3) is 0 Å². The molecule has 5 nitrogen and oxygen atoms in total. The van der Waals surface area contributed by atoms with Gasteiger partial charge in [0.2, 0.25) is 5.91 Å². The fourth-order valence-corrected chi connectivity index (χ4v) is 1.75. The predicted octanol–water partition coefficient (Wildman–Crippen LogP) is 2.24. The Labute approximate surface area is 139 Å². The van der Waals surface area contributed by atoms with Crippen molar-refractivity contribution in [2.24, 2.45) is 4.99 Å². The minimum absolute atomic E-state index is 0.0607. The van der Waals surface area contributed by atoms with Gasteiger partial charge in [-0.1, -0.05) is 19.1 Å². The van der Waals surface area contributed by atoms with Crippen LogP contribution in [0.1, 0.15) is 24.5 Å². The molecular weight excluding hydrogens is 321 g/mol. The third-order valence-electron chi connectivity index (χ3n) is 3.12. The van der Waals surface area contributed by atoms with E-state index in [1.165, 1.54) is 11.0 Å². The molecule has 0 fully saturated rings. The summed E-state index contributed by atoms with van der Waals surface area (Å²) in [5.74, 6) is 0.268. The lowest BCUT2D eigenvalue weighted by Crippen LogP contribution is -2.43. The molecule has 1 rings (SSSR count). The number of nitrogens with zero attached hydrogens (tertiary/aromatic N) is 2. The molecule has 134 valence electrons. The number of halogens is 3. The number of hydrogen-bond donors (Lipinski definition) is 2. The molecular formula is C16H23F3N4O. The molecule has 0 saturated heterocycles. The maximum Gasteiger partial charge on any atom is 0.416 e. The molecule has 0 saturated carbocycles. The van der Waals surface area contributed by atoms with E-state index in [0.717, 1.165) is 18.6 Å². The first-order valence-corrected chi connectivity index (χ1v) is 7.62. The van der Waals surface area contributed by atoms with Gasteiger partial charge >= 0.3 is 6.18 Å². The standard InChI is InChI=1S/C16H23F3N4O/c1-4-8-20-15(22-11-14(24)23(2)3)21-10-12-6-5-7-13(9-12)16(17,18)19/h5-7,9H,4,8,10-11H2,1-3H3,(H2,20,21,22). The van der Waals surface area contributed by atoms with E-state index in [2.05, 4.69) is 15.6 Å². The van der Waals surface area contributed by atoms with Crippen LogP contribution in [0.3, 0.4) is 0 Å². The minimum atomic E-state index is -4.38. The maximum absolute atomic E-state index is 12.7. The Bertz CT molecular complexity index is 571. The molecule has 1 aromatic rings. The average Bonchev–Trinajstić information content (AvgIpc) is 2.53. The van der Waals surface area contributed by atoms with Crippen LogP contribution in [0.4, 0.5) is 13.2 Å². The summed E-state index contributed by atoms with van der Waals surface area (Å²) < 4.78 is 38.1. The highest BCUT2D eigenvalue weighted by Gasteiger charge is 2.30. The number of nitrogens with one attached hydrogen (secondary N) is 2. The van der Waals surface area contributed by atoms with Gasteiger partial charge in [-0.3, -0.25) is 4.79 Å². The molecule has 0 aliphatic heterocycles. The van der Waals surface area contributed by atoms with Crippen LogP contribution in [0.2, 0.25) is 0 Å². The number of amides is 1. The highest BCUT2D eigenvalue weighted by molar-refractivity contribution is 5.86. The van der Waals surface area contributed by atoms with Crippen molar-refractivity contribution >= 4 is 11.9 Å². The van der Waals surface area contributed by atoms with Crippen LogP contribution in [-0.4, -0.2) is 44.0 Å². The van der Waals surface area contributed by atoms with Gasteiger partial charge < -0.3 is 15.5 Å². The summed E-state index contributed by atoms with van der Waals surface area (Å²) in [5.41, 5.74) is -0.254. The van der Waals surface area contributed by atoms with Gasteiger partial charge in [0.15, 0.2) is 5.96 Å². The normalized spacial score (nSPS) is 12.0. The highest BCUT2D eigenvalue weighted by Crippen LogP contribution is 2.29. The lowest BCUT2D eigenvalue weighted by atomic mass is 10.1. The number of hydrogen-bond acceptors (Lipinski definition) is 2. The fourth-order valence-electron chi connectivity index (χ4n) is 1.75. The van der Waals surface area contributed by atoms with E-state index in [1.807, 2.05) is 6.92 Å². The molecule has 0 unspecified atom stereocenters. The number of benzene rings is 1. The number of rotatable bonds is 6. The number of aliphatic imine (C=N–C) groups is 1. The van der Waals surface area contributed by atoms with Crippen molar-refractivity contribution in [1.82, 2.24) is 15.5 Å². The molecule has 0 heterocycles. The van der Waals surface area contributed by atoms with Gasteiger partial charge in [-0.15, -0.1) is 0 Å². The van der Waals surface area contributed by atoms with Crippen molar-refractivity contribution in [3.63, 3.8) is 0 Å². The van der Waals surface area contributed by atoms with Crippen LogP contribution in [0, 0.1) is 0 Å². The van der Waals surface area contributed by atoms with E-state index in [4.69, 9.17) is 0 Å². The second kappa shape index (κ2) is 9.14. The number of carbonyl (C=O) groups is 1. The number of alkyl halides is 3. The van der Waals surface area contributed by atoms with E-state index in [-0.39, 0.29) is 19.0 Å². The second-order valence-electron chi connectivity index (χ2n) is 5.43. The van der Waals surface area contributed by atoms with Crippen LogP contribution in [0.5, 0.6) is 0 Å². The van der Waals surface area contributed by atoms with Crippen molar-refractivity contribution in [1.29, 1.82) is 0 Å². The molecule has 0 atom stereocenters. The third-order valence-corrected chi connectivity index (χ3v) is 3.12. The zero-order chi connectivity index (χ0) is 18.2. The maximum atomic E-state index is 12.7. The zero-order valence-electron chi connectivity index (χ0n) is 14.1. The Morgan fingerprint density at radius 3 is 2.54 bits per heavy atom. The van der Waals surface area contributed by atoms with Gasteiger partial charge in [0, 0.05) is 20.6 Å². The predicted molar refractivity (Wildman–Crippen MR) is 87.6 cm³/mol. The number of likely N-dealkylation sites (N-methyl/N-ethyl adjacent to an activating group) is 1. The summed E-state index contributed by atoms with van der Waals surface area (Å²) >= 11 is 0. The minimum Gasteiger partial charge on any atom is -0.356 e. The lowest BCUT2D eigenvalue weighted by molar-refractivity contribution is -0.137. The molecule has 2 N–H and O–H groups in total. The summed E-state index contributed by atoms with van der Waals surface area (Å²) in [6.45, 7) is 2.76. The van der Waals surface area contributed by atoms with Gasteiger partial charge in [0.05, 0.1) is 18.7 Å². The Morgan fingerprint density at radius 2 is 1.96 bits per heavy atom. The van der Waals surface area contributed by atoms with Gasteiger partial charge in [0.1, 0.15) is 0 Å². The smallest absolute Gasteiger partial charge is 0.356 e. The Hall–Kier alpha value is -2.25. The molecule has 1 aromatic carbocycles. The fraction of sp³-hybridized carbons (Fsp3) is 0.500.